The zero-order chi connectivity index (χ0) is 18.4. The van der Waals surface area contributed by atoms with Crippen LogP contribution in [0.5, 0.6) is 0 Å². The maximum atomic E-state index is 10.0. The van der Waals surface area contributed by atoms with E-state index in [1.54, 1.807) is 0 Å². The molecular formula is C24H30N2. The molecule has 0 saturated heterocycles. The van der Waals surface area contributed by atoms with Gasteiger partial charge in [-0.25, -0.2) is 0 Å². The Morgan fingerprint density at radius 3 is 2.38 bits per heavy atom. The Hall–Kier alpha value is -2.11. The summed E-state index contributed by atoms with van der Waals surface area (Å²) in [5, 5.41) is 10.0. The van der Waals surface area contributed by atoms with Crippen LogP contribution in [0, 0.1) is 24.2 Å². The van der Waals surface area contributed by atoms with E-state index >= 15 is 0 Å². The SMILES string of the molecule is Cc1ccccc1CCN(C)CCCC(C#N)(c1ccccc1)C1CC1. The van der Waals surface area contributed by atoms with Gasteiger partial charge in [0.05, 0.1) is 11.5 Å². The molecule has 2 nitrogen and oxygen atoms in total. The standard InChI is InChI=1S/C24H30N2/c1-20-9-6-7-10-21(20)15-18-26(2)17-8-16-24(19-25,23-13-14-23)22-11-4-3-5-12-22/h3-7,9-12,23H,8,13-18H2,1-2H3. The quantitative estimate of drug-likeness (QED) is 0.630. The molecule has 0 bridgehead atoms. The second-order valence-electron chi connectivity index (χ2n) is 7.81. The van der Waals surface area contributed by atoms with Crippen LogP contribution in [-0.4, -0.2) is 25.0 Å². The number of nitrogens with zero attached hydrogens (tertiary/aromatic N) is 2. The van der Waals surface area contributed by atoms with E-state index in [9.17, 15) is 5.26 Å². The maximum Gasteiger partial charge on any atom is 0.0850 e. The van der Waals surface area contributed by atoms with Crippen molar-refractivity contribution in [2.75, 3.05) is 20.1 Å². The number of hydrogen-bond acceptors (Lipinski definition) is 2. The molecule has 3 rings (SSSR count). The predicted octanol–water partition coefficient (Wildman–Crippen LogP) is 5.12. The van der Waals surface area contributed by atoms with Crippen LogP contribution < -0.4 is 0 Å². The molecule has 0 aliphatic heterocycles. The lowest BCUT2D eigenvalue weighted by atomic mass is 9.74. The molecule has 136 valence electrons. The van der Waals surface area contributed by atoms with Gasteiger partial charge in [-0.05, 0) is 75.2 Å². The zero-order valence-electron chi connectivity index (χ0n) is 16.1. The highest BCUT2D eigenvalue weighted by atomic mass is 15.1. The van der Waals surface area contributed by atoms with Crippen LogP contribution in [0.25, 0.3) is 0 Å². The average Bonchev–Trinajstić information content (AvgIpc) is 3.51. The summed E-state index contributed by atoms with van der Waals surface area (Å²) in [5.74, 6) is 0.548. The maximum absolute atomic E-state index is 10.0. The first-order chi connectivity index (χ1) is 12.7. The van der Waals surface area contributed by atoms with Gasteiger partial charge in [0.1, 0.15) is 0 Å². The largest absolute Gasteiger partial charge is 0.306 e. The average molecular weight is 347 g/mol. The first-order valence-corrected chi connectivity index (χ1v) is 9.85. The van der Waals surface area contributed by atoms with Crippen molar-refractivity contribution >= 4 is 0 Å². The summed E-state index contributed by atoms with van der Waals surface area (Å²) >= 11 is 0. The lowest BCUT2D eigenvalue weighted by molar-refractivity contribution is 0.308. The highest BCUT2D eigenvalue weighted by Crippen LogP contribution is 2.49. The smallest absolute Gasteiger partial charge is 0.0850 e. The minimum atomic E-state index is -0.280. The first kappa shape index (κ1) is 18.7. The Labute approximate surface area is 158 Å². The third-order valence-corrected chi connectivity index (χ3v) is 5.90. The highest BCUT2D eigenvalue weighted by Gasteiger charge is 2.46. The Morgan fingerprint density at radius 2 is 1.73 bits per heavy atom. The molecule has 1 aliphatic rings. The number of likely N-dealkylation sites (N-methyl/N-ethyl adjacent to an activating group) is 1. The lowest BCUT2D eigenvalue weighted by Gasteiger charge is -2.28. The summed E-state index contributed by atoms with van der Waals surface area (Å²) in [4.78, 5) is 2.41. The van der Waals surface area contributed by atoms with Gasteiger partial charge in [-0.15, -0.1) is 0 Å². The van der Waals surface area contributed by atoms with Crippen LogP contribution in [0.2, 0.25) is 0 Å². The monoisotopic (exact) mass is 346 g/mol. The number of rotatable bonds is 9. The molecule has 0 N–H and O–H groups in total. The van der Waals surface area contributed by atoms with E-state index in [2.05, 4.69) is 73.5 Å². The second kappa shape index (κ2) is 8.52. The van der Waals surface area contributed by atoms with Gasteiger partial charge in [0.15, 0.2) is 0 Å². The summed E-state index contributed by atoms with van der Waals surface area (Å²) in [7, 11) is 2.20. The van der Waals surface area contributed by atoms with Gasteiger partial charge in [-0.1, -0.05) is 54.6 Å². The fourth-order valence-electron chi connectivity index (χ4n) is 4.05. The van der Waals surface area contributed by atoms with E-state index in [4.69, 9.17) is 0 Å². The van der Waals surface area contributed by atoms with Gasteiger partial charge in [0.25, 0.3) is 0 Å². The van der Waals surface area contributed by atoms with Crippen LogP contribution in [0.3, 0.4) is 0 Å². The fraction of sp³-hybridized carbons (Fsp3) is 0.458. The summed E-state index contributed by atoms with van der Waals surface area (Å²) in [6.07, 6.45) is 5.53. The Bertz CT molecular complexity index is 742. The summed E-state index contributed by atoms with van der Waals surface area (Å²) < 4.78 is 0. The van der Waals surface area contributed by atoms with Crippen molar-refractivity contribution in [1.29, 1.82) is 5.26 Å². The van der Waals surface area contributed by atoms with E-state index in [0.29, 0.717) is 5.92 Å². The van der Waals surface area contributed by atoms with Crippen molar-refractivity contribution < 1.29 is 0 Å². The minimum Gasteiger partial charge on any atom is -0.306 e. The molecule has 1 aliphatic carbocycles. The van der Waals surface area contributed by atoms with Gasteiger partial charge in [0, 0.05) is 6.54 Å². The van der Waals surface area contributed by atoms with E-state index in [0.717, 1.165) is 32.4 Å². The normalized spacial score (nSPS) is 16.2. The summed E-state index contributed by atoms with van der Waals surface area (Å²) in [6.45, 7) is 4.31. The number of benzene rings is 2. The Morgan fingerprint density at radius 1 is 1.04 bits per heavy atom. The molecule has 0 radical (unpaired) electrons. The van der Waals surface area contributed by atoms with E-state index in [1.807, 2.05) is 6.07 Å². The van der Waals surface area contributed by atoms with E-state index in [-0.39, 0.29) is 5.41 Å². The zero-order valence-corrected chi connectivity index (χ0v) is 16.1. The summed E-state index contributed by atoms with van der Waals surface area (Å²) in [6, 6.07) is 21.8. The molecule has 26 heavy (non-hydrogen) atoms. The molecule has 1 saturated carbocycles. The number of hydrogen-bond donors (Lipinski definition) is 0. The van der Waals surface area contributed by atoms with Crippen molar-refractivity contribution in [2.24, 2.45) is 5.92 Å². The third kappa shape index (κ3) is 4.34. The lowest BCUT2D eigenvalue weighted by Crippen LogP contribution is -2.29. The molecule has 2 heteroatoms. The molecule has 1 atom stereocenters. The molecule has 0 aromatic heterocycles. The molecule has 2 aromatic rings. The van der Waals surface area contributed by atoms with Crippen LogP contribution >= 0.6 is 0 Å². The van der Waals surface area contributed by atoms with E-state index in [1.165, 1.54) is 29.5 Å². The van der Waals surface area contributed by atoms with Gasteiger partial charge < -0.3 is 4.90 Å². The first-order valence-electron chi connectivity index (χ1n) is 9.85. The molecule has 2 aromatic carbocycles. The van der Waals surface area contributed by atoms with Gasteiger partial charge >= 0.3 is 0 Å². The Balaban J connectivity index is 1.54. The van der Waals surface area contributed by atoms with Crippen molar-refractivity contribution in [3.05, 3.63) is 71.3 Å². The molecule has 0 heterocycles. The number of nitriles is 1. The van der Waals surface area contributed by atoms with Crippen molar-refractivity contribution in [1.82, 2.24) is 4.90 Å². The number of aryl methyl sites for hydroxylation is 1. The topological polar surface area (TPSA) is 27.0 Å². The Kier molecular flexibility index (Phi) is 6.12. The van der Waals surface area contributed by atoms with Crippen LogP contribution in [-0.2, 0) is 11.8 Å². The van der Waals surface area contributed by atoms with Gasteiger partial charge in [0.2, 0.25) is 0 Å². The van der Waals surface area contributed by atoms with Gasteiger partial charge in [-0.2, -0.15) is 5.26 Å². The van der Waals surface area contributed by atoms with Crippen LogP contribution in [0.15, 0.2) is 54.6 Å². The van der Waals surface area contributed by atoms with Crippen LogP contribution in [0.4, 0.5) is 0 Å². The fourth-order valence-corrected chi connectivity index (χ4v) is 4.05. The molecule has 1 unspecified atom stereocenters. The van der Waals surface area contributed by atoms with Gasteiger partial charge in [-0.3, -0.25) is 0 Å². The summed E-state index contributed by atoms with van der Waals surface area (Å²) in [5.41, 5.74) is 3.75. The van der Waals surface area contributed by atoms with Crippen molar-refractivity contribution in [3.63, 3.8) is 0 Å². The molecular weight excluding hydrogens is 316 g/mol. The minimum absolute atomic E-state index is 0.280. The predicted molar refractivity (Wildman–Crippen MR) is 108 cm³/mol. The van der Waals surface area contributed by atoms with E-state index < -0.39 is 0 Å². The van der Waals surface area contributed by atoms with Crippen molar-refractivity contribution in [3.8, 4) is 6.07 Å². The third-order valence-electron chi connectivity index (χ3n) is 5.90. The highest BCUT2D eigenvalue weighted by molar-refractivity contribution is 5.35. The second-order valence-corrected chi connectivity index (χ2v) is 7.81. The molecule has 0 spiro atoms. The van der Waals surface area contributed by atoms with Crippen molar-refractivity contribution in [2.45, 2.75) is 44.4 Å². The molecule has 1 fully saturated rings. The molecule has 0 amide bonds. The van der Waals surface area contributed by atoms with Crippen LogP contribution in [0.1, 0.15) is 42.4 Å².